The molecule has 0 N–H and O–H groups in total. The van der Waals surface area contributed by atoms with Crippen LogP contribution >= 0.6 is 0 Å². The van der Waals surface area contributed by atoms with E-state index in [1.54, 1.807) is 18.3 Å². The van der Waals surface area contributed by atoms with E-state index in [1.165, 1.54) is 6.20 Å². The molecule has 0 radical (unpaired) electrons. The summed E-state index contributed by atoms with van der Waals surface area (Å²) in [4.78, 5) is 20.7. The minimum atomic E-state index is -0.113. The molecule has 3 rings (SSSR count). The standard InChI is InChI=1S/C17H12N2O/c20-17(14-9-5-2-6-10-14)16-12-18-15(11-19-16)13-7-3-1-4-8-13/h1-12H. The molecule has 3 nitrogen and oxygen atoms in total. The molecule has 20 heavy (non-hydrogen) atoms. The highest BCUT2D eigenvalue weighted by Crippen LogP contribution is 2.15. The number of benzene rings is 2. The van der Waals surface area contributed by atoms with Crippen LogP contribution in [-0.4, -0.2) is 15.8 Å². The van der Waals surface area contributed by atoms with E-state index < -0.39 is 0 Å². The average molecular weight is 260 g/mol. The molecule has 1 aromatic heterocycles. The number of hydrogen-bond acceptors (Lipinski definition) is 3. The van der Waals surface area contributed by atoms with Gasteiger partial charge in [0, 0.05) is 11.1 Å². The van der Waals surface area contributed by atoms with Crippen molar-refractivity contribution in [3.63, 3.8) is 0 Å². The molecule has 0 amide bonds. The van der Waals surface area contributed by atoms with E-state index in [9.17, 15) is 4.79 Å². The van der Waals surface area contributed by atoms with Crippen molar-refractivity contribution in [2.24, 2.45) is 0 Å². The first kappa shape index (κ1) is 12.2. The Labute approximate surface area is 117 Å². The molecule has 0 aliphatic rings. The quantitative estimate of drug-likeness (QED) is 0.678. The number of hydrogen-bond donors (Lipinski definition) is 0. The topological polar surface area (TPSA) is 42.9 Å². The molecule has 3 aromatic rings. The zero-order valence-corrected chi connectivity index (χ0v) is 10.7. The predicted molar refractivity (Wildman–Crippen MR) is 77.3 cm³/mol. The second kappa shape index (κ2) is 5.45. The Morgan fingerprint density at radius 2 is 1.40 bits per heavy atom. The van der Waals surface area contributed by atoms with E-state index >= 15 is 0 Å². The van der Waals surface area contributed by atoms with Crippen molar-refractivity contribution in [2.45, 2.75) is 0 Å². The summed E-state index contributed by atoms with van der Waals surface area (Å²) in [5, 5.41) is 0. The van der Waals surface area contributed by atoms with E-state index in [1.807, 2.05) is 48.5 Å². The second-order valence-electron chi connectivity index (χ2n) is 4.35. The van der Waals surface area contributed by atoms with Crippen molar-refractivity contribution < 1.29 is 4.79 Å². The molecule has 0 spiro atoms. The molecule has 3 heteroatoms. The summed E-state index contributed by atoms with van der Waals surface area (Å²) < 4.78 is 0. The Bertz CT molecular complexity index is 707. The lowest BCUT2D eigenvalue weighted by molar-refractivity contribution is 0.103. The van der Waals surface area contributed by atoms with E-state index in [0.29, 0.717) is 11.3 Å². The Morgan fingerprint density at radius 1 is 0.750 bits per heavy atom. The fourth-order valence-electron chi connectivity index (χ4n) is 1.94. The van der Waals surface area contributed by atoms with Crippen molar-refractivity contribution in [2.75, 3.05) is 0 Å². The van der Waals surface area contributed by atoms with Crippen LogP contribution in [0.15, 0.2) is 73.1 Å². The third kappa shape index (κ3) is 2.47. The van der Waals surface area contributed by atoms with Crippen molar-refractivity contribution in [3.8, 4) is 11.3 Å². The summed E-state index contributed by atoms with van der Waals surface area (Å²) in [6.07, 6.45) is 3.16. The largest absolute Gasteiger partial charge is 0.287 e. The average Bonchev–Trinajstić information content (AvgIpc) is 2.56. The SMILES string of the molecule is O=C(c1ccccc1)c1cnc(-c2ccccc2)cn1. The summed E-state index contributed by atoms with van der Waals surface area (Å²) in [6.45, 7) is 0. The van der Waals surface area contributed by atoms with Gasteiger partial charge in [-0.1, -0.05) is 60.7 Å². The molecule has 0 aliphatic carbocycles. The number of aromatic nitrogens is 2. The maximum atomic E-state index is 12.2. The van der Waals surface area contributed by atoms with E-state index in [0.717, 1.165) is 11.3 Å². The monoisotopic (exact) mass is 260 g/mol. The molecular weight excluding hydrogens is 248 g/mol. The first-order valence-corrected chi connectivity index (χ1v) is 6.32. The van der Waals surface area contributed by atoms with Gasteiger partial charge in [0.1, 0.15) is 5.69 Å². The third-order valence-electron chi connectivity index (χ3n) is 2.99. The second-order valence-corrected chi connectivity index (χ2v) is 4.35. The van der Waals surface area contributed by atoms with Gasteiger partial charge < -0.3 is 0 Å². The highest BCUT2D eigenvalue weighted by molar-refractivity contribution is 6.07. The number of rotatable bonds is 3. The van der Waals surface area contributed by atoms with Crippen LogP contribution in [0.4, 0.5) is 0 Å². The fraction of sp³-hybridized carbons (Fsp3) is 0. The summed E-state index contributed by atoms with van der Waals surface area (Å²) in [7, 11) is 0. The first-order valence-electron chi connectivity index (χ1n) is 6.32. The summed E-state index contributed by atoms with van der Waals surface area (Å²) in [6, 6.07) is 18.8. The smallest absolute Gasteiger partial charge is 0.212 e. The normalized spacial score (nSPS) is 10.2. The van der Waals surface area contributed by atoms with Crippen molar-refractivity contribution in [3.05, 3.63) is 84.3 Å². The van der Waals surface area contributed by atoms with Gasteiger partial charge in [-0.25, -0.2) is 4.98 Å². The van der Waals surface area contributed by atoms with Crippen molar-refractivity contribution >= 4 is 5.78 Å². The van der Waals surface area contributed by atoms with E-state index in [4.69, 9.17) is 0 Å². The van der Waals surface area contributed by atoms with Crippen molar-refractivity contribution in [1.29, 1.82) is 0 Å². The third-order valence-corrected chi connectivity index (χ3v) is 2.99. The Morgan fingerprint density at radius 3 is 2.00 bits per heavy atom. The van der Waals surface area contributed by atoms with Crippen LogP contribution in [0.2, 0.25) is 0 Å². The lowest BCUT2D eigenvalue weighted by atomic mass is 10.1. The van der Waals surface area contributed by atoms with Crippen LogP contribution < -0.4 is 0 Å². The van der Waals surface area contributed by atoms with Gasteiger partial charge in [0.2, 0.25) is 5.78 Å². The van der Waals surface area contributed by atoms with Gasteiger partial charge in [0.05, 0.1) is 18.1 Å². The highest BCUT2D eigenvalue weighted by atomic mass is 16.1. The number of ketones is 1. The van der Waals surface area contributed by atoms with Crippen LogP contribution in [0, 0.1) is 0 Å². The first-order chi connectivity index (χ1) is 9.84. The lowest BCUT2D eigenvalue weighted by Crippen LogP contribution is -2.04. The molecule has 1 heterocycles. The fourth-order valence-corrected chi connectivity index (χ4v) is 1.94. The summed E-state index contributed by atoms with van der Waals surface area (Å²) in [5.41, 5.74) is 2.72. The number of carbonyl (C=O) groups is 1. The van der Waals surface area contributed by atoms with E-state index in [2.05, 4.69) is 9.97 Å². The van der Waals surface area contributed by atoms with Crippen LogP contribution in [0.25, 0.3) is 11.3 Å². The van der Waals surface area contributed by atoms with Crippen LogP contribution in [0.1, 0.15) is 16.1 Å². The molecule has 0 bridgehead atoms. The zero-order chi connectivity index (χ0) is 13.8. The molecule has 0 unspecified atom stereocenters. The summed E-state index contributed by atoms with van der Waals surface area (Å²) >= 11 is 0. The van der Waals surface area contributed by atoms with Gasteiger partial charge in [-0.05, 0) is 0 Å². The maximum Gasteiger partial charge on any atom is 0.212 e. The zero-order valence-electron chi connectivity index (χ0n) is 10.7. The molecule has 0 fully saturated rings. The highest BCUT2D eigenvalue weighted by Gasteiger charge is 2.10. The Kier molecular flexibility index (Phi) is 3.33. The lowest BCUT2D eigenvalue weighted by Gasteiger charge is -2.02. The molecule has 0 aliphatic heterocycles. The Balaban J connectivity index is 1.89. The number of nitrogens with zero attached hydrogens (tertiary/aromatic N) is 2. The van der Waals surface area contributed by atoms with Gasteiger partial charge in [0.25, 0.3) is 0 Å². The molecular formula is C17H12N2O. The molecule has 0 atom stereocenters. The van der Waals surface area contributed by atoms with Gasteiger partial charge in [-0.3, -0.25) is 9.78 Å². The van der Waals surface area contributed by atoms with Crippen LogP contribution in [-0.2, 0) is 0 Å². The molecule has 0 saturated heterocycles. The van der Waals surface area contributed by atoms with Gasteiger partial charge in [-0.2, -0.15) is 0 Å². The summed E-state index contributed by atoms with van der Waals surface area (Å²) in [5.74, 6) is -0.113. The van der Waals surface area contributed by atoms with Gasteiger partial charge in [-0.15, -0.1) is 0 Å². The predicted octanol–water partition coefficient (Wildman–Crippen LogP) is 3.37. The van der Waals surface area contributed by atoms with E-state index in [-0.39, 0.29) is 5.78 Å². The van der Waals surface area contributed by atoms with Gasteiger partial charge >= 0.3 is 0 Å². The van der Waals surface area contributed by atoms with Gasteiger partial charge in [0.15, 0.2) is 0 Å². The number of carbonyl (C=O) groups excluding carboxylic acids is 1. The van der Waals surface area contributed by atoms with Crippen LogP contribution in [0.3, 0.4) is 0 Å². The maximum absolute atomic E-state index is 12.2. The molecule has 2 aromatic carbocycles. The van der Waals surface area contributed by atoms with Crippen LogP contribution in [0.5, 0.6) is 0 Å². The minimum absolute atomic E-state index is 0.113. The molecule has 0 saturated carbocycles. The van der Waals surface area contributed by atoms with Crippen molar-refractivity contribution in [1.82, 2.24) is 9.97 Å². The molecule has 96 valence electrons. The Hall–Kier alpha value is -2.81. The minimum Gasteiger partial charge on any atom is -0.287 e.